The molecule has 1 heterocycles. The van der Waals surface area contributed by atoms with Crippen molar-refractivity contribution in [2.45, 2.75) is 71.6 Å². The maximum atomic E-state index is 12.2. The second kappa shape index (κ2) is 13.7. The van der Waals surface area contributed by atoms with Crippen LogP contribution in [0.4, 0.5) is 9.93 Å². The van der Waals surface area contributed by atoms with Gasteiger partial charge in [0.25, 0.3) is 5.91 Å². The van der Waals surface area contributed by atoms with Gasteiger partial charge in [0.2, 0.25) is 18.0 Å². The molecule has 3 unspecified atom stereocenters. The van der Waals surface area contributed by atoms with Gasteiger partial charge in [0.15, 0.2) is 5.13 Å². The Balaban J connectivity index is 2.31. The van der Waals surface area contributed by atoms with Crippen LogP contribution in [0.3, 0.4) is 0 Å². The Morgan fingerprint density at radius 2 is 1.65 bits per heavy atom. The van der Waals surface area contributed by atoms with E-state index < -0.39 is 47.7 Å². The van der Waals surface area contributed by atoms with E-state index in [-0.39, 0.29) is 13.2 Å². The Hall–Kier alpha value is -2.97. The third kappa shape index (κ3) is 11.2. The van der Waals surface area contributed by atoms with E-state index in [0.717, 1.165) is 4.88 Å². The molecule has 34 heavy (non-hydrogen) atoms. The molecule has 0 fully saturated rings. The number of nitrogens with zero attached hydrogens (tertiary/aromatic N) is 1. The second-order valence-corrected chi connectivity index (χ2v) is 9.49. The van der Waals surface area contributed by atoms with Crippen LogP contribution < -0.4 is 26.6 Å². The van der Waals surface area contributed by atoms with Gasteiger partial charge in [-0.1, -0.05) is 11.3 Å². The van der Waals surface area contributed by atoms with Crippen LogP contribution in [0.5, 0.6) is 0 Å². The lowest BCUT2D eigenvalue weighted by Crippen LogP contribution is -2.55. The van der Waals surface area contributed by atoms with Crippen LogP contribution in [0, 0.1) is 0 Å². The number of thiazole rings is 1. The van der Waals surface area contributed by atoms with Crippen molar-refractivity contribution in [3.05, 3.63) is 11.1 Å². The van der Waals surface area contributed by atoms with E-state index in [2.05, 4.69) is 31.6 Å². The summed E-state index contributed by atoms with van der Waals surface area (Å²) in [6.45, 7) is 8.47. The smallest absolute Gasteiger partial charge is 0.408 e. The number of carbonyl (C=O) groups is 4. The molecule has 192 valence electrons. The maximum absolute atomic E-state index is 12.2. The quantitative estimate of drug-likeness (QED) is 0.144. The number of hydrogen-bond acceptors (Lipinski definition) is 10. The molecule has 0 saturated heterocycles. The summed E-state index contributed by atoms with van der Waals surface area (Å²) >= 11 is 1.32. The number of rotatable bonds is 12. The molecule has 14 heteroatoms. The van der Waals surface area contributed by atoms with Gasteiger partial charge in [-0.25, -0.2) is 9.78 Å². The molecule has 0 aliphatic carbocycles. The molecule has 7 N–H and O–H groups in total. The molecular weight excluding hydrogens is 468 g/mol. The first-order valence-electron chi connectivity index (χ1n) is 10.7. The van der Waals surface area contributed by atoms with Crippen molar-refractivity contribution in [3.8, 4) is 0 Å². The summed E-state index contributed by atoms with van der Waals surface area (Å²) < 4.78 is 5.06. The minimum absolute atomic E-state index is 0.0801. The monoisotopic (exact) mass is 502 g/mol. The third-order valence-corrected chi connectivity index (χ3v) is 4.98. The lowest BCUT2D eigenvalue weighted by Gasteiger charge is -2.23. The predicted octanol–water partition coefficient (Wildman–Crippen LogP) is -0.594. The minimum atomic E-state index is -1.80. The van der Waals surface area contributed by atoms with E-state index in [1.165, 1.54) is 25.2 Å². The lowest BCUT2D eigenvalue weighted by molar-refractivity contribution is -0.138. The average molecular weight is 503 g/mol. The van der Waals surface area contributed by atoms with Crippen molar-refractivity contribution >= 4 is 40.3 Å². The van der Waals surface area contributed by atoms with Crippen LogP contribution in [0.2, 0.25) is 0 Å². The summed E-state index contributed by atoms with van der Waals surface area (Å²) in [4.78, 5) is 52.9. The maximum Gasteiger partial charge on any atom is 0.408 e. The number of anilines is 1. The fourth-order valence-electron chi connectivity index (χ4n) is 2.33. The van der Waals surface area contributed by atoms with Crippen LogP contribution in [-0.4, -0.2) is 76.0 Å². The summed E-state index contributed by atoms with van der Waals surface area (Å²) in [6.07, 6.45) is -0.496. The number of nitrogens with one attached hydrogen (secondary N) is 5. The van der Waals surface area contributed by atoms with Crippen LogP contribution in [0.25, 0.3) is 0 Å². The number of aliphatic hydroxyl groups is 2. The fraction of sp³-hybridized carbons (Fsp3) is 0.650. The zero-order valence-corrected chi connectivity index (χ0v) is 20.7. The molecular formula is C20H34N6O7S. The first-order chi connectivity index (χ1) is 15.8. The van der Waals surface area contributed by atoms with Crippen molar-refractivity contribution in [1.29, 1.82) is 0 Å². The molecule has 0 aromatic carbocycles. The topological polar surface area (TPSA) is 191 Å². The predicted molar refractivity (Wildman–Crippen MR) is 125 cm³/mol. The number of hydrogen-bond donors (Lipinski definition) is 7. The molecule has 0 spiro atoms. The van der Waals surface area contributed by atoms with Gasteiger partial charge in [-0.15, -0.1) is 0 Å². The number of alkyl carbamates (subject to hydrolysis) is 1. The SMILES string of the molecule is CC(NC(=O)OC(C)(C)C)C(=O)NC(C)C(=O)NC(O)C(=O)NCCCNc1ncc(CO)s1. The molecule has 0 radical (unpaired) electrons. The highest BCUT2D eigenvalue weighted by atomic mass is 32.1. The highest BCUT2D eigenvalue weighted by Crippen LogP contribution is 2.17. The van der Waals surface area contributed by atoms with Gasteiger partial charge in [0, 0.05) is 19.3 Å². The first kappa shape index (κ1) is 29.1. The van der Waals surface area contributed by atoms with Gasteiger partial charge in [-0.3, -0.25) is 14.4 Å². The molecule has 1 aromatic heterocycles. The zero-order chi connectivity index (χ0) is 25.9. The van der Waals surface area contributed by atoms with E-state index in [1.54, 1.807) is 27.0 Å². The van der Waals surface area contributed by atoms with E-state index in [0.29, 0.717) is 18.1 Å². The van der Waals surface area contributed by atoms with E-state index in [9.17, 15) is 24.3 Å². The minimum Gasteiger partial charge on any atom is -0.444 e. The Kier molecular flexibility index (Phi) is 11.7. The van der Waals surface area contributed by atoms with Crippen LogP contribution in [-0.2, 0) is 25.7 Å². The Morgan fingerprint density at radius 3 is 2.24 bits per heavy atom. The highest BCUT2D eigenvalue weighted by molar-refractivity contribution is 7.15. The molecule has 0 saturated carbocycles. The highest BCUT2D eigenvalue weighted by Gasteiger charge is 2.25. The van der Waals surface area contributed by atoms with Gasteiger partial charge < -0.3 is 41.5 Å². The normalized spacial score (nSPS) is 13.7. The van der Waals surface area contributed by atoms with Crippen molar-refractivity contribution < 1.29 is 34.1 Å². The summed E-state index contributed by atoms with van der Waals surface area (Å²) in [5, 5.41) is 31.9. The fourth-order valence-corrected chi connectivity index (χ4v) is 3.03. The number of carbonyl (C=O) groups excluding carboxylic acids is 4. The number of ether oxygens (including phenoxy) is 1. The summed E-state index contributed by atoms with van der Waals surface area (Å²) in [5.74, 6) is -2.24. The van der Waals surface area contributed by atoms with Gasteiger partial charge >= 0.3 is 6.09 Å². The van der Waals surface area contributed by atoms with Gasteiger partial charge in [0.05, 0.1) is 11.5 Å². The second-order valence-electron chi connectivity index (χ2n) is 8.37. The molecule has 1 aromatic rings. The first-order valence-corrected chi connectivity index (χ1v) is 11.5. The standard InChI is InChI=1S/C20H34N6O7S/c1-11(24-14(28)12(2)25-19(32)33-20(3,4)5)15(29)26-17(31)16(30)21-7-6-8-22-18-23-9-13(10-27)34-18/h9,11-12,17,27,31H,6-8,10H2,1-5H3,(H,21,30)(H,22,23)(H,24,28)(H,25,32)(H,26,29). The van der Waals surface area contributed by atoms with Gasteiger partial charge in [-0.05, 0) is 41.0 Å². The number of aromatic nitrogens is 1. The molecule has 4 amide bonds. The van der Waals surface area contributed by atoms with Crippen LogP contribution >= 0.6 is 11.3 Å². The third-order valence-electron chi connectivity index (χ3n) is 4.04. The lowest BCUT2D eigenvalue weighted by atomic mass is 10.2. The Bertz CT molecular complexity index is 842. The number of amides is 4. The molecule has 0 aliphatic heterocycles. The molecule has 0 bridgehead atoms. The number of aliphatic hydroxyl groups excluding tert-OH is 2. The van der Waals surface area contributed by atoms with E-state index in [1.807, 2.05) is 0 Å². The summed E-state index contributed by atoms with van der Waals surface area (Å²) in [6, 6.07) is -2.06. The molecule has 13 nitrogen and oxygen atoms in total. The van der Waals surface area contributed by atoms with Crippen LogP contribution in [0.15, 0.2) is 6.20 Å². The Labute approximate surface area is 202 Å². The van der Waals surface area contributed by atoms with Crippen molar-refractivity contribution in [3.63, 3.8) is 0 Å². The largest absolute Gasteiger partial charge is 0.444 e. The van der Waals surface area contributed by atoms with E-state index in [4.69, 9.17) is 9.84 Å². The molecule has 3 atom stereocenters. The van der Waals surface area contributed by atoms with Crippen molar-refractivity contribution in [2.24, 2.45) is 0 Å². The zero-order valence-electron chi connectivity index (χ0n) is 19.9. The molecule has 1 rings (SSSR count). The van der Waals surface area contributed by atoms with Gasteiger partial charge in [-0.2, -0.15) is 0 Å². The molecule has 0 aliphatic rings. The summed E-state index contributed by atoms with van der Waals surface area (Å²) in [5.41, 5.74) is -0.730. The van der Waals surface area contributed by atoms with Crippen LogP contribution in [0.1, 0.15) is 45.9 Å². The average Bonchev–Trinajstić information content (AvgIpc) is 3.19. The summed E-state index contributed by atoms with van der Waals surface area (Å²) in [7, 11) is 0. The Morgan fingerprint density at radius 1 is 1.03 bits per heavy atom. The van der Waals surface area contributed by atoms with Gasteiger partial charge in [0.1, 0.15) is 17.7 Å². The van der Waals surface area contributed by atoms with E-state index >= 15 is 0 Å². The van der Waals surface area contributed by atoms with Crippen molar-refractivity contribution in [1.82, 2.24) is 26.3 Å². The van der Waals surface area contributed by atoms with Crippen molar-refractivity contribution in [2.75, 3.05) is 18.4 Å².